The van der Waals surface area contributed by atoms with E-state index in [1.165, 1.54) is 70.6 Å². The first-order valence-corrected chi connectivity index (χ1v) is 12.8. The molecule has 0 atom stereocenters. The first-order chi connectivity index (χ1) is 15.0. The molecule has 0 aromatic rings. The number of carbonyl (C=O) groups is 2. The highest BCUT2D eigenvalue weighted by Gasteiger charge is 2.08. The molecular weight excluding hydrogens is 392 g/mol. The van der Waals surface area contributed by atoms with Gasteiger partial charge in [0.1, 0.15) is 0 Å². The Kier molecular flexibility index (Phi) is 21.3. The maximum Gasteiger partial charge on any atom is 0.304 e. The van der Waals surface area contributed by atoms with Crippen LogP contribution in [0.1, 0.15) is 110 Å². The lowest BCUT2D eigenvalue weighted by Crippen LogP contribution is -2.37. The van der Waals surface area contributed by atoms with Crippen molar-refractivity contribution in [1.82, 2.24) is 10.2 Å². The third-order valence-electron chi connectivity index (χ3n) is 5.74. The Labute approximate surface area is 191 Å². The number of carbonyl (C=O) groups excluding carboxylic acids is 1. The van der Waals surface area contributed by atoms with Gasteiger partial charge in [0.15, 0.2) is 0 Å². The summed E-state index contributed by atoms with van der Waals surface area (Å²) in [6.07, 6.45) is 17.5. The predicted octanol–water partition coefficient (Wildman–Crippen LogP) is 4.99. The molecule has 0 rings (SSSR count). The van der Waals surface area contributed by atoms with Crippen LogP contribution in [0.3, 0.4) is 0 Å². The van der Waals surface area contributed by atoms with E-state index in [1.54, 1.807) is 0 Å². The zero-order valence-corrected chi connectivity index (χ0v) is 20.4. The van der Waals surface area contributed by atoms with Gasteiger partial charge in [0, 0.05) is 32.6 Å². The van der Waals surface area contributed by atoms with Crippen molar-refractivity contribution < 1.29 is 19.8 Å². The van der Waals surface area contributed by atoms with Crippen molar-refractivity contribution in [1.29, 1.82) is 0 Å². The molecule has 6 nitrogen and oxygen atoms in total. The quantitative estimate of drug-likeness (QED) is 0.194. The number of hydrogen-bond acceptors (Lipinski definition) is 4. The number of unbranched alkanes of at least 4 members (excludes halogenated alkanes) is 11. The highest BCUT2D eigenvalue weighted by molar-refractivity contribution is 5.75. The minimum absolute atomic E-state index is 0.00793. The molecule has 184 valence electrons. The molecule has 1 amide bonds. The Morgan fingerprint density at radius 3 is 1.74 bits per heavy atom. The maximum atomic E-state index is 11.9. The molecule has 0 saturated carbocycles. The summed E-state index contributed by atoms with van der Waals surface area (Å²) >= 11 is 0. The van der Waals surface area contributed by atoms with E-state index in [0.29, 0.717) is 32.6 Å². The molecule has 0 saturated heterocycles. The van der Waals surface area contributed by atoms with Gasteiger partial charge in [-0.25, -0.2) is 0 Å². The lowest BCUT2D eigenvalue weighted by molar-refractivity contribution is -0.137. The number of aliphatic hydroxyl groups is 1. The molecule has 0 aromatic heterocycles. The highest BCUT2D eigenvalue weighted by atomic mass is 16.4. The zero-order valence-electron chi connectivity index (χ0n) is 20.4. The smallest absolute Gasteiger partial charge is 0.304 e. The maximum absolute atomic E-state index is 11.9. The van der Waals surface area contributed by atoms with E-state index in [4.69, 9.17) is 10.2 Å². The van der Waals surface area contributed by atoms with Gasteiger partial charge in [-0.2, -0.15) is 0 Å². The summed E-state index contributed by atoms with van der Waals surface area (Å²) < 4.78 is 0. The van der Waals surface area contributed by atoms with Gasteiger partial charge in [-0.05, 0) is 12.3 Å². The molecule has 0 aliphatic rings. The van der Waals surface area contributed by atoms with Crippen LogP contribution in [-0.4, -0.2) is 59.8 Å². The summed E-state index contributed by atoms with van der Waals surface area (Å²) in [4.78, 5) is 24.4. The van der Waals surface area contributed by atoms with Crippen LogP contribution in [0.4, 0.5) is 0 Å². The molecule has 0 aliphatic carbocycles. The molecule has 0 radical (unpaired) electrons. The molecule has 0 spiro atoms. The summed E-state index contributed by atoms with van der Waals surface area (Å²) in [5.41, 5.74) is 0. The fraction of sp³-hybridized carbons (Fsp3) is 0.920. The number of aliphatic carboxylic acids is 1. The Morgan fingerprint density at radius 1 is 0.742 bits per heavy atom. The largest absolute Gasteiger partial charge is 0.481 e. The minimum atomic E-state index is -0.848. The third kappa shape index (κ3) is 23.4. The molecular formula is C25H50N2O4. The van der Waals surface area contributed by atoms with Crippen LogP contribution in [0.15, 0.2) is 0 Å². The average Bonchev–Trinajstić information content (AvgIpc) is 2.72. The van der Waals surface area contributed by atoms with E-state index in [1.807, 2.05) is 4.90 Å². The van der Waals surface area contributed by atoms with Gasteiger partial charge in [-0.15, -0.1) is 0 Å². The van der Waals surface area contributed by atoms with Crippen molar-refractivity contribution >= 4 is 11.9 Å². The monoisotopic (exact) mass is 442 g/mol. The average molecular weight is 443 g/mol. The van der Waals surface area contributed by atoms with Crippen LogP contribution in [0.2, 0.25) is 0 Å². The summed E-state index contributed by atoms with van der Waals surface area (Å²) in [5.74, 6) is 0.0645. The van der Waals surface area contributed by atoms with Crippen molar-refractivity contribution in [2.24, 2.45) is 5.92 Å². The second-order valence-electron chi connectivity index (χ2n) is 9.23. The topological polar surface area (TPSA) is 89.9 Å². The van der Waals surface area contributed by atoms with Gasteiger partial charge < -0.3 is 15.5 Å². The zero-order chi connectivity index (χ0) is 23.2. The molecule has 6 heteroatoms. The lowest BCUT2D eigenvalue weighted by Gasteiger charge is -2.20. The Bertz CT molecular complexity index is 430. The Morgan fingerprint density at radius 2 is 1.26 bits per heavy atom. The molecule has 0 bridgehead atoms. The second-order valence-corrected chi connectivity index (χ2v) is 9.23. The van der Waals surface area contributed by atoms with Crippen LogP contribution in [-0.2, 0) is 9.59 Å². The van der Waals surface area contributed by atoms with Gasteiger partial charge in [0.2, 0.25) is 5.91 Å². The number of hydrogen-bond donors (Lipinski definition) is 3. The van der Waals surface area contributed by atoms with Crippen LogP contribution in [0.5, 0.6) is 0 Å². The van der Waals surface area contributed by atoms with Crippen LogP contribution in [0, 0.1) is 5.92 Å². The molecule has 31 heavy (non-hydrogen) atoms. The van der Waals surface area contributed by atoms with Crippen molar-refractivity contribution in [3.05, 3.63) is 0 Å². The number of carboxylic acid groups (broad SMARTS) is 1. The van der Waals surface area contributed by atoms with E-state index in [9.17, 15) is 9.59 Å². The van der Waals surface area contributed by atoms with Crippen LogP contribution < -0.4 is 5.32 Å². The first kappa shape index (κ1) is 29.9. The summed E-state index contributed by atoms with van der Waals surface area (Å²) in [7, 11) is 0. The van der Waals surface area contributed by atoms with Crippen molar-refractivity contribution in [3.8, 4) is 0 Å². The van der Waals surface area contributed by atoms with Crippen molar-refractivity contribution in [2.45, 2.75) is 110 Å². The molecule has 0 fully saturated rings. The molecule has 0 aliphatic heterocycles. The van der Waals surface area contributed by atoms with E-state index in [0.717, 1.165) is 18.8 Å². The van der Waals surface area contributed by atoms with Gasteiger partial charge in [0.25, 0.3) is 0 Å². The third-order valence-corrected chi connectivity index (χ3v) is 5.74. The number of carboxylic acids is 1. The van der Waals surface area contributed by atoms with E-state index < -0.39 is 5.97 Å². The normalized spacial score (nSPS) is 11.4. The van der Waals surface area contributed by atoms with Crippen molar-refractivity contribution in [3.63, 3.8) is 0 Å². The Balaban J connectivity index is 3.41. The van der Waals surface area contributed by atoms with Crippen LogP contribution >= 0.6 is 0 Å². The SMILES string of the molecule is CC(C)CCCCCCCCCCCCCCC(=O)NCCN(CCO)CCC(=O)O. The molecule has 0 aromatic carbocycles. The first-order valence-electron chi connectivity index (χ1n) is 12.8. The summed E-state index contributed by atoms with van der Waals surface area (Å²) in [6.45, 7) is 6.49. The number of nitrogens with zero attached hydrogens (tertiary/aromatic N) is 1. The lowest BCUT2D eigenvalue weighted by atomic mass is 10.0. The van der Waals surface area contributed by atoms with Gasteiger partial charge >= 0.3 is 5.97 Å². The number of aliphatic hydroxyl groups excluding tert-OH is 1. The van der Waals surface area contributed by atoms with Crippen molar-refractivity contribution in [2.75, 3.05) is 32.8 Å². The standard InChI is InChI=1S/C25H50N2O4/c1-23(2)15-13-11-9-7-5-3-4-6-8-10-12-14-16-24(29)26-18-20-27(21-22-28)19-17-25(30)31/h23,28H,3-22H2,1-2H3,(H,26,29)(H,30,31). The molecule has 0 heterocycles. The van der Waals surface area contributed by atoms with E-state index in [2.05, 4.69) is 19.2 Å². The van der Waals surface area contributed by atoms with E-state index >= 15 is 0 Å². The van der Waals surface area contributed by atoms with Crippen LogP contribution in [0.25, 0.3) is 0 Å². The molecule has 0 unspecified atom stereocenters. The van der Waals surface area contributed by atoms with Gasteiger partial charge in [0.05, 0.1) is 13.0 Å². The Hall–Kier alpha value is -1.14. The molecule has 3 N–H and O–H groups in total. The second kappa shape index (κ2) is 22.1. The minimum Gasteiger partial charge on any atom is -0.481 e. The fourth-order valence-electron chi connectivity index (χ4n) is 3.78. The number of rotatable bonds is 23. The summed E-state index contributed by atoms with van der Waals surface area (Å²) in [6, 6.07) is 0. The van der Waals surface area contributed by atoms with E-state index in [-0.39, 0.29) is 18.9 Å². The number of amides is 1. The number of nitrogens with one attached hydrogen (secondary N) is 1. The predicted molar refractivity (Wildman–Crippen MR) is 128 cm³/mol. The summed E-state index contributed by atoms with van der Waals surface area (Å²) in [5, 5.41) is 20.7. The highest BCUT2D eigenvalue weighted by Crippen LogP contribution is 2.14. The van der Waals surface area contributed by atoms with Gasteiger partial charge in [-0.1, -0.05) is 90.9 Å². The fourth-order valence-corrected chi connectivity index (χ4v) is 3.78. The van der Waals surface area contributed by atoms with Gasteiger partial charge in [-0.3, -0.25) is 14.5 Å².